The van der Waals surface area contributed by atoms with Gasteiger partial charge in [0, 0.05) is 5.92 Å². The van der Waals surface area contributed by atoms with E-state index in [0.29, 0.717) is 17.1 Å². The fourth-order valence-electron chi connectivity index (χ4n) is 2.71. The summed E-state index contributed by atoms with van der Waals surface area (Å²) in [6.45, 7) is 0. The molecule has 1 aliphatic rings. The molecule has 1 aromatic heterocycles. The van der Waals surface area contributed by atoms with Crippen LogP contribution in [0.3, 0.4) is 0 Å². The molecule has 0 saturated heterocycles. The van der Waals surface area contributed by atoms with E-state index in [1.807, 2.05) is 6.07 Å². The Morgan fingerprint density at radius 3 is 2.84 bits per heavy atom. The molecule has 0 N–H and O–H groups in total. The number of hydrogen-bond donors (Lipinski definition) is 0. The fourth-order valence-corrected chi connectivity index (χ4v) is 2.71. The second kappa shape index (κ2) is 5.03. The number of hydrogen-bond acceptors (Lipinski definition) is 4. The number of oxazole rings is 1. The molecule has 0 atom stereocenters. The lowest BCUT2D eigenvalue weighted by Crippen LogP contribution is -2.04. The molecule has 0 radical (unpaired) electrons. The lowest BCUT2D eigenvalue weighted by Gasteiger charge is -2.17. The summed E-state index contributed by atoms with van der Waals surface area (Å²) in [7, 11) is 1.38. The molecule has 0 spiro atoms. The molecule has 4 nitrogen and oxygen atoms in total. The zero-order valence-corrected chi connectivity index (χ0v) is 11.0. The van der Waals surface area contributed by atoms with Crippen LogP contribution >= 0.6 is 0 Å². The van der Waals surface area contributed by atoms with Crippen molar-refractivity contribution in [3.8, 4) is 0 Å². The summed E-state index contributed by atoms with van der Waals surface area (Å²) < 4.78 is 10.5. The Balaban J connectivity index is 1.93. The molecule has 1 fully saturated rings. The Morgan fingerprint density at radius 2 is 2.11 bits per heavy atom. The number of carbonyl (C=O) groups excluding carboxylic acids is 1. The molecule has 19 heavy (non-hydrogen) atoms. The number of ether oxygens (including phenoxy) is 1. The van der Waals surface area contributed by atoms with Crippen molar-refractivity contribution in [2.45, 2.75) is 38.0 Å². The monoisotopic (exact) mass is 259 g/mol. The fraction of sp³-hybridized carbons (Fsp3) is 0.467. The predicted octanol–water partition coefficient (Wildman–Crippen LogP) is 3.66. The van der Waals surface area contributed by atoms with Gasteiger partial charge in [-0.1, -0.05) is 19.3 Å². The SMILES string of the molecule is COC(=O)c1ccc2nc(C3CCCCC3)oc2c1. The first-order valence-electron chi connectivity index (χ1n) is 6.77. The van der Waals surface area contributed by atoms with Gasteiger partial charge in [-0.05, 0) is 31.0 Å². The largest absolute Gasteiger partial charge is 0.465 e. The van der Waals surface area contributed by atoms with Crippen molar-refractivity contribution in [3.05, 3.63) is 29.7 Å². The van der Waals surface area contributed by atoms with Crippen LogP contribution in [-0.2, 0) is 4.74 Å². The van der Waals surface area contributed by atoms with Crippen molar-refractivity contribution in [2.24, 2.45) is 0 Å². The van der Waals surface area contributed by atoms with Crippen molar-refractivity contribution in [1.82, 2.24) is 4.98 Å². The third kappa shape index (κ3) is 2.35. The van der Waals surface area contributed by atoms with Crippen LogP contribution in [0.25, 0.3) is 11.1 Å². The Hall–Kier alpha value is -1.84. The van der Waals surface area contributed by atoms with Gasteiger partial charge >= 0.3 is 5.97 Å². The number of methoxy groups -OCH3 is 1. The summed E-state index contributed by atoms with van der Waals surface area (Å²) in [5.41, 5.74) is 1.98. The minimum Gasteiger partial charge on any atom is -0.465 e. The number of carbonyl (C=O) groups is 1. The van der Waals surface area contributed by atoms with Crippen LogP contribution in [0.4, 0.5) is 0 Å². The minimum absolute atomic E-state index is 0.350. The number of aromatic nitrogens is 1. The van der Waals surface area contributed by atoms with E-state index in [1.165, 1.54) is 26.4 Å². The molecular formula is C15H17NO3. The van der Waals surface area contributed by atoms with Gasteiger partial charge in [-0.15, -0.1) is 0 Å². The van der Waals surface area contributed by atoms with Gasteiger partial charge < -0.3 is 9.15 Å². The van der Waals surface area contributed by atoms with Crippen molar-refractivity contribution >= 4 is 17.1 Å². The maximum atomic E-state index is 11.5. The number of esters is 1. The summed E-state index contributed by atoms with van der Waals surface area (Å²) in [5, 5.41) is 0. The number of benzene rings is 1. The van der Waals surface area contributed by atoms with Gasteiger partial charge in [0.15, 0.2) is 11.5 Å². The van der Waals surface area contributed by atoms with Crippen molar-refractivity contribution in [1.29, 1.82) is 0 Å². The van der Waals surface area contributed by atoms with E-state index in [2.05, 4.69) is 4.98 Å². The molecule has 0 unspecified atom stereocenters. The third-order valence-electron chi connectivity index (χ3n) is 3.78. The van der Waals surface area contributed by atoms with Crippen LogP contribution in [0.5, 0.6) is 0 Å². The van der Waals surface area contributed by atoms with Gasteiger partial charge in [0.05, 0.1) is 12.7 Å². The second-order valence-electron chi connectivity index (χ2n) is 5.06. The Bertz CT molecular complexity index is 596. The van der Waals surface area contributed by atoms with Gasteiger partial charge in [0.1, 0.15) is 5.52 Å². The van der Waals surface area contributed by atoms with Crippen LogP contribution in [0.2, 0.25) is 0 Å². The molecule has 1 aliphatic carbocycles. The van der Waals surface area contributed by atoms with Crippen molar-refractivity contribution in [2.75, 3.05) is 7.11 Å². The Labute approximate surface area is 111 Å². The molecule has 0 bridgehead atoms. The quantitative estimate of drug-likeness (QED) is 0.772. The third-order valence-corrected chi connectivity index (χ3v) is 3.78. The first-order chi connectivity index (χ1) is 9.28. The van der Waals surface area contributed by atoms with Gasteiger partial charge in [-0.2, -0.15) is 0 Å². The van der Waals surface area contributed by atoms with Gasteiger partial charge in [-0.3, -0.25) is 0 Å². The average molecular weight is 259 g/mol. The van der Waals surface area contributed by atoms with E-state index < -0.39 is 0 Å². The molecule has 1 aromatic carbocycles. The first kappa shape index (κ1) is 12.2. The van der Waals surface area contributed by atoms with Crippen molar-refractivity contribution in [3.63, 3.8) is 0 Å². The van der Waals surface area contributed by atoms with Gasteiger partial charge in [-0.25, -0.2) is 9.78 Å². The highest BCUT2D eigenvalue weighted by Gasteiger charge is 2.21. The van der Waals surface area contributed by atoms with Gasteiger partial charge in [0.2, 0.25) is 0 Å². The number of fused-ring (bicyclic) bond motifs is 1. The van der Waals surface area contributed by atoms with E-state index in [4.69, 9.17) is 9.15 Å². The van der Waals surface area contributed by atoms with E-state index in [9.17, 15) is 4.79 Å². The number of nitrogens with zero attached hydrogens (tertiary/aromatic N) is 1. The standard InChI is InChI=1S/C15H17NO3/c1-18-15(17)11-7-8-12-13(9-11)19-14(16-12)10-5-3-2-4-6-10/h7-10H,2-6H2,1H3. The highest BCUT2D eigenvalue weighted by molar-refractivity contribution is 5.93. The van der Waals surface area contributed by atoms with E-state index in [-0.39, 0.29) is 5.97 Å². The van der Waals surface area contributed by atoms with Crippen LogP contribution in [0, 0.1) is 0 Å². The minimum atomic E-state index is -0.350. The van der Waals surface area contributed by atoms with Crippen LogP contribution in [0.15, 0.2) is 22.6 Å². The zero-order valence-electron chi connectivity index (χ0n) is 11.0. The zero-order chi connectivity index (χ0) is 13.2. The lowest BCUT2D eigenvalue weighted by atomic mass is 9.89. The molecule has 4 heteroatoms. The molecule has 0 amide bonds. The molecule has 3 rings (SSSR count). The molecular weight excluding hydrogens is 242 g/mol. The maximum Gasteiger partial charge on any atom is 0.337 e. The van der Waals surface area contributed by atoms with Crippen LogP contribution in [-0.4, -0.2) is 18.1 Å². The summed E-state index contributed by atoms with van der Waals surface area (Å²) in [5.74, 6) is 0.900. The predicted molar refractivity (Wildman–Crippen MR) is 71.2 cm³/mol. The smallest absolute Gasteiger partial charge is 0.337 e. The highest BCUT2D eigenvalue weighted by atomic mass is 16.5. The molecule has 1 saturated carbocycles. The molecule has 100 valence electrons. The Morgan fingerprint density at radius 1 is 1.32 bits per heavy atom. The summed E-state index contributed by atoms with van der Waals surface area (Å²) in [6, 6.07) is 5.25. The number of rotatable bonds is 2. The summed E-state index contributed by atoms with van der Waals surface area (Å²) in [4.78, 5) is 16.0. The van der Waals surface area contributed by atoms with E-state index in [1.54, 1.807) is 12.1 Å². The summed E-state index contributed by atoms with van der Waals surface area (Å²) >= 11 is 0. The maximum absolute atomic E-state index is 11.5. The Kier molecular flexibility index (Phi) is 3.23. The van der Waals surface area contributed by atoms with Crippen LogP contribution in [0.1, 0.15) is 54.3 Å². The van der Waals surface area contributed by atoms with Crippen LogP contribution < -0.4 is 0 Å². The molecule has 2 aromatic rings. The second-order valence-corrected chi connectivity index (χ2v) is 5.06. The first-order valence-corrected chi connectivity index (χ1v) is 6.77. The summed E-state index contributed by atoms with van der Waals surface area (Å²) in [6.07, 6.45) is 6.10. The van der Waals surface area contributed by atoms with Gasteiger partial charge in [0.25, 0.3) is 0 Å². The van der Waals surface area contributed by atoms with Crippen molar-refractivity contribution < 1.29 is 13.9 Å². The van der Waals surface area contributed by atoms with E-state index >= 15 is 0 Å². The normalized spacial score (nSPS) is 16.7. The van der Waals surface area contributed by atoms with E-state index in [0.717, 1.165) is 24.2 Å². The lowest BCUT2D eigenvalue weighted by molar-refractivity contribution is 0.0601. The molecule has 0 aliphatic heterocycles. The topological polar surface area (TPSA) is 52.3 Å². The highest BCUT2D eigenvalue weighted by Crippen LogP contribution is 2.33. The average Bonchev–Trinajstić information content (AvgIpc) is 2.90. The molecule has 1 heterocycles.